The summed E-state index contributed by atoms with van der Waals surface area (Å²) in [4.78, 5) is 64.7. The summed E-state index contributed by atoms with van der Waals surface area (Å²) in [5.74, 6) is -4.67. The molecule has 3 rings (SSSR count). The van der Waals surface area contributed by atoms with Gasteiger partial charge in [0, 0.05) is 43.1 Å². The molecule has 1 aliphatic heterocycles. The average molecular weight is 687 g/mol. The van der Waals surface area contributed by atoms with Gasteiger partial charge in [-0.25, -0.2) is 0 Å². The molecule has 0 fully saturated rings. The van der Waals surface area contributed by atoms with Gasteiger partial charge in [0.25, 0.3) is 0 Å². The third kappa shape index (κ3) is 12.0. The molecule has 0 aromatic heterocycles. The van der Waals surface area contributed by atoms with Gasteiger partial charge in [-0.3, -0.25) is 19.2 Å². The molecule has 0 bridgehead atoms. The first-order valence-electron chi connectivity index (χ1n) is 16.4. The number of halogens is 3. The maximum absolute atomic E-state index is 13.6. The minimum absolute atomic E-state index is 0.0676. The van der Waals surface area contributed by atoms with Crippen LogP contribution in [0.1, 0.15) is 77.0 Å². The van der Waals surface area contributed by atoms with E-state index >= 15 is 0 Å². The molecule has 266 valence electrons. The van der Waals surface area contributed by atoms with Gasteiger partial charge in [0.1, 0.15) is 11.6 Å². The third-order valence-electron chi connectivity index (χ3n) is 8.69. The van der Waals surface area contributed by atoms with Crippen molar-refractivity contribution in [1.82, 2.24) is 10.6 Å². The molecule has 0 aliphatic carbocycles. The van der Waals surface area contributed by atoms with Gasteiger partial charge in [-0.15, -0.1) is 0 Å². The number of amides is 2. The fourth-order valence-electron chi connectivity index (χ4n) is 5.44. The molecule has 2 aromatic carbocycles. The maximum atomic E-state index is 13.6. The van der Waals surface area contributed by atoms with Crippen LogP contribution in [0.3, 0.4) is 0 Å². The minimum atomic E-state index is -5.04. The van der Waals surface area contributed by atoms with Crippen LogP contribution in [0.4, 0.5) is 13.2 Å². The monoisotopic (exact) mass is 686 g/mol. The molecule has 13 heteroatoms. The van der Waals surface area contributed by atoms with Crippen LogP contribution in [-0.2, 0) is 42.5 Å². The Hall–Kier alpha value is -4.26. The van der Waals surface area contributed by atoms with Gasteiger partial charge in [-0.1, -0.05) is 75.4 Å². The Labute approximate surface area is 284 Å². The number of benzene rings is 2. The summed E-state index contributed by atoms with van der Waals surface area (Å²) in [5, 5.41) is 22.8. The topological polar surface area (TPSA) is 154 Å². The Morgan fingerprint density at radius 2 is 1.47 bits per heavy atom. The van der Waals surface area contributed by atoms with Crippen molar-refractivity contribution < 1.29 is 42.3 Å². The highest BCUT2D eigenvalue weighted by molar-refractivity contribution is 5.94. The van der Waals surface area contributed by atoms with E-state index in [9.17, 15) is 42.3 Å². The van der Waals surface area contributed by atoms with Crippen LogP contribution in [-0.4, -0.2) is 58.6 Å². The number of aliphatic hydroxyl groups excluding tert-OH is 1. The van der Waals surface area contributed by atoms with E-state index in [0.29, 0.717) is 0 Å². The second kappa shape index (κ2) is 16.9. The summed E-state index contributed by atoms with van der Waals surface area (Å²) < 4.78 is 39.8. The van der Waals surface area contributed by atoms with E-state index in [1.54, 1.807) is 44.2 Å². The van der Waals surface area contributed by atoms with Gasteiger partial charge in [0.05, 0.1) is 12.1 Å². The second-order valence-electron chi connectivity index (χ2n) is 13.4. The van der Waals surface area contributed by atoms with Crippen molar-refractivity contribution in [3.05, 3.63) is 71.3 Å². The second-order valence-corrected chi connectivity index (χ2v) is 13.4. The number of Topliss-reactive ketones (excluding diaryl/α,β-unsaturated/α-hetero) is 3. The molecular formula is C36H45F3N4O6. The molecule has 0 spiro atoms. The molecular weight excluding hydrogens is 641 g/mol. The fraction of sp³-hybridized carbons (Fsp3) is 0.528. The van der Waals surface area contributed by atoms with E-state index in [1.807, 2.05) is 31.2 Å². The SMILES string of the molecule is CC(=O)CCC(NC(=O)[C@H](C)CC(=O)[C@H](Cc1ccccc1)NC(=O)[C@@H](CC(=O)Cc1ccc(C2(C)N=N2)cc1)C(C)C)C(O)C(F)(F)F. The molecule has 0 radical (unpaired) electrons. The molecule has 0 saturated heterocycles. The van der Waals surface area contributed by atoms with E-state index in [4.69, 9.17) is 0 Å². The molecule has 2 aromatic rings. The standard InChI is InChI=1S/C36H45F3N4O6/c1-21(2)28(20-27(45)18-25-12-14-26(15-13-25)35(5)42-43-35)34(49)41-30(19-24-9-7-6-8-10-24)31(46)17-22(3)33(48)40-29(16-11-23(4)44)32(47)36(37,38)39/h6-10,12-15,21-22,28-30,32,47H,11,16-20H2,1-5H3,(H,40,48)(H,41,49)/t22-,28+,29?,30+,32?/m1/s1. The molecule has 1 heterocycles. The van der Waals surface area contributed by atoms with Crippen LogP contribution in [0, 0.1) is 17.8 Å². The van der Waals surface area contributed by atoms with Crippen molar-refractivity contribution in [2.24, 2.45) is 28.0 Å². The molecule has 3 N–H and O–H groups in total. The van der Waals surface area contributed by atoms with Gasteiger partial charge < -0.3 is 20.5 Å². The number of hydrogen-bond acceptors (Lipinski definition) is 8. The summed E-state index contributed by atoms with van der Waals surface area (Å²) in [6, 6.07) is 13.3. The number of hydrogen-bond donors (Lipinski definition) is 3. The quantitative estimate of drug-likeness (QED) is 0.185. The van der Waals surface area contributed by atoms with E-state index in [-0.39, 0.29) is 37.4 Å². The Morgan fingerprint density at radius 1 is 0.857 bits per heavy atom. The molecule has 10 nitrogen and oxygen atoms in total. The van der Waals surface area contributed by atoms with Crippen molar-refractivity contribution in [2.45, 2.75) is 103 Å². The zero-order chi connectivity index (χ0) is 36.5. The lowest BCUT2D eigenvalue weighted by molar-refractivity contribution is -0.213. The van der Waals surface area contributed by atoms with Crippen LogP contribution in [0.2, 0.25) is 0 Å². The van der Waals surface area contributed by atoms with E-state index in [2.05, 4.69) is 20.9 Å². The van der Waals surface area contributed by atoms with Crippen molar-refractivity contribution in [1.29, 1.82) is 0 Å². The molecule has 49 heavy (non-hydrogen) atoms. The van der Waals surface area contributed by atoms with Crippen LogP contribution in [0.5, 0.6) is 0 Å². The Morgan fingerprint density at radius 3 is 2.00 bits per heavy atom. The van der Waals surface area contributed by atoms with Gasteiger partial charge in [-0.05, 0) is 43.7 Å². The zero-order valence-corrected chi connectivity index (χ0v) is 28.4. The third-order valence-corrected chi connectivity index (χ3v) is 8.69. The number of nitrogens with one attached hydrogen (secondary N) is 2. The number of alkyl halides is 3. The number of rotatable bonds is 19. The minimum Gasteiger partial charge on any atom is -0.382 e. The number of aliphatic hydroxyl groups is 1. The predicted octanol–water partition coefficient (Wildman–Crippen LogP) is 5.20. The molecule has 2 unspecified atom stereocenters. The lowest BCUT2D eigenvalue weighted by Gasteiger charge is -2.27. The Kier molecular flexibility index (Phi) is 13.5. The summed E-state index contributed by atoms with van der Waals surface area (Å²) >= 11 is 0. The van der Waals surface area contributed by atoms with Crippen LogP contribution >= 0.6 is 0 Å². The highest BCUT2D eigenvalue weighted by Gasteiger charge is 2.44. The largest absolute Gasteiger partial charge is 0.416 e. The highest BCUT2D eigenvalue weighted by atomic mass is 19.4. The number of carbonyl (C=O) groups excluding carboxylic acids is 5. The van der Waals surface area contributed by atoms with E-state index in [1.165, 1.54) is 13.8 Å². The maximum Gasteiger partial charge on any atom is 0.416 e. The first-order chi connectivity index (χ1) is 22.9. The van der Waals surface area contributed by atoms with Gasteiger partial charge in [-0.2, -0.15) is 23.4 Å². The Balaban J connectivity index is 1.70. The van der Waals surface area contributed by atoms with Crippen LogP contribution in [0.15, 0.2) is 64.8 Å². The summed E-state index contributed by atoms with van der Waals surface area (Å²) in [6.45, 7) is 8.01. The van der Waals surface area contributed by atoms with Crippen LogP contribution < -0.4 is 10.6 Å². The molecule has 1 aliphatic rings. The Bertz CT molecular complexity index is 1500. The fourth-order valence-corrected chi connectivity index (χ4v) is 5.44. The van der Waals surface area contributed by atoms with Gasteiger partial charge in [0.15, 0.2) is 11.9 Å². The van der Waals surface area contributed by atoms with Crippen molar-refractivity contribution in [3.63, 3.8) is 0 Å². The van der Waals surface area contributed by atoms with Crippen molar-refractivity contribution in [2.75, 3.05) is 0 Å². The number of carbonyl (C=O) groups is 5. The normalized spacial score (nSPS) is 16.6. The van der Waals surface area contributed by atoms with E-state index in [0.717, 1.165) is 16.7 Å². The highest BCUT2D eigenvalue weighted by Crippen LogP contribution is 2.38. The first kappa shape index (κ1) is 39.2. The first-order valence-corrected chi connectivity index (χ1v) is 16.4. The number of ketones is 3. The van der Waals surface area contributed by atoms with Gasteiger partial charge >= 0.3 is 6.18 Å². The van der Waals surface area contributed by atoms with Crippen molar-refractivity contribution >= 4 is 29.2 Å². The molecule has 0 saturated carbocycles. The summed E-state index contributed by atoms with van der Waals surface area (Å²) in [5.41, 5.74) is 1.87. The van der Waals surface area contributed by atoms with Gasteiger partial charge in [0.2, 0.25) is 17.5 Å². The molecule has 2 amide bonds. The molecule has 5 atom stereocenters. The lowest BCUT2D eigenvalue weighted by atomic mass is 9.87. The van der Waals surface area contributed by atoms with Crippen LogP contribution in [0.25, 0.3) is 0 Å². The number of nitrogens with zero attached hydrogens (tertiary/aromatic N) is 2. The van der Waals surface area contributed by atoms with Crippen molar-refractivity contribution in [3.8, 4) is 0 Å². The summed E-state index contributed by atoms with van der Waals surface area (Å²) in [7, 11) is 0. The smallest absolute Gasteiger partial charge is 0.382 e. The zero-order valence-electron chi connectivity index (χ0n) is 28.4. The summed E-state index contributed by atoms with van der Waals surface area (Å²) in [6.07, 6.45) is -8.99. The predicted molar refractivity (Wildman–Crippen MR) is 175 cm³/mol. The average Bonchev–Trinajstić information content (AvgIpc) is 3.79. The van der Waals surface area contributed by atoms with E-state index < -0.39 is 78.1 Å². The lowest BCUT2D eigenvalue weighted by Crippen LogP contribution is -2.52.